The molecule has 6 nitrogen and oxygen atoms in total. The molecule has 0 saturated heterocycles. The van der Waals surface area contributed by atoms with E-state index in [0.29, 0.717) is 19.6 Å². The van der Waals surface area contributed by atoms with Gasteiger partial charge in [-0.1, -0.05) is 54.1 Å². The second-order valence-corrected chi connectivity index (χ2v) is 8.91. The number of rotatable bonds is 9. The number of hydrogen-bond acceptors (Lipinski definition) is 5. The highest BCUT2D eigenvalue weighted by Gasteiger charge is 2.14. The Balaban J connectivity index is 1.33. The third-order valence-corrected chi connectivity index (χ3v) is 6.17. The van der Waals surface area contributed by atoms with Crippen LogP contribution in [0, 0.1) is 6.92 Å². The molecule has 0 unspecified atom stereocenters. The van der Waals surface area contributed by atoms with Crippen LogP contribution >= 0.6 is 0 Å². The number of aryl methyl sites for hydroxylation is 1. The first-order valence-corrected chi connectivity index (χ1v) is 11.5. The molecule has 0 radical (unpaired) electrons. The molecule has 0 saturated carbocycles. The average Bonchev–Trinajstić information content (AvgIpc) is 3.17. The fraction of sp³-hybridized carbons (Fsp3) is 0.208. The summed E-state index contributed by atoms with van der Waals surface area (Å²) in [5.74, 6) is 0.721. The van der Waals surface area contributed by atoms with Gasteiger partial charge in [0.25, 0.3) is 10.1 Å². The molecule has 0 aliphatic carbocycles. The lowest BCUT2D eigenvalue weighted by Crippen LogP contribution is -2.10. The van der Waals surface area contributed by atoms with Crippen LogP contribution in [0.15, 0.2) is 83.9 Å². The summed E-state index contributed by atoms with van der Waals surface area (Å²) in [7, 11) is -3.75. The van der Waals surface area contributed by atoms with Crippen LogP contribution in [0.3, 0.4) is 0 Å². The molecule has 0 N–H and O–H groups in total. The number of ether oxygens (including phenoxy) is 1. The van der Waals surface area contributed by atoms with Crippen molar-refractivity contribution in [3.63, 3.8) is 0 Å². The van der Waals surface area contributed by atoms with E-state index < -0.39 is 10.1 Å². The largest absolute Gasteiger partial charge is 0.493 e. The van der Waals surface area contributed by atoms with Crippen molar-refractivity contribution in [2.45, 2.75) is 24.8 Å². The fourth-order valence-corrected chi connectivity index (χ4v) is 4.17. The molecule has 0 aliphatic rings. The Bertz CT molecular complexity index is 1250. The van der Waals surface area contributed by atoms with Crippen LogP contribution < -0.4 is 4.74 Å². The van der Waals surface area contributed by atoms with Crippen molar-refractivity contribution in [3.8, 4) is 5.75 Å². The Morgan fingerprint density at radius 3 is 2.45 bits per heavy atom. The number of benzene rings is 3. The predicted molar refractivity (Wildman–Crippen MR) is 120 cm³/mol. The van der Waals surface area contributed by atoms with Gasteiger partial charge in [-0.25, -0.2) is 0 Å². The smallest absolute Gasteiger partial charge is 0.296 e. The third kappa shape index (κ3) is 5.31. The molecule has 1 heterocycles. The van der Waals surface area contributed by atoms with Gasteiger partial charge in [-0.3, -0.25) is 8.86 Å². The summed E-state index contributed by atoms with van der Waals surface area (Å²) < 4.78 is 37.4. The van der Waals surface area contributed by atoms with Gasteiger partial charge in [0.15, 0.2) is 0 Å². The van der Waals surface area contributed by atoms with Crippen molar-refractivity contribution in [2.75, 3.05) is 13.2 Å². The maximum atomic E-state index is 12.2. The second kappa shape index (κ2) is 9.32. The highest BCUT2D eigenvalue weighted by atomic mass is 32.2. The van der Waals surface area contributed by atoms with E-state index in [9.17, 15) is 8.42 Å². The van der Waals surface area contributed by atoms with Gasteiger partial charge in [0, 0.05) is 12.6 Å². The van der Waals surface area contributed by atoms with Gasteiger partial charge in [0.1, 0.15) is 5.75 Å². The summed E-state index contributed by atoms with van der Waals surface area (Å²) in [5.41, 5.74) is 3.02. The van der Waals surface area contributed by atoms with E-state index in [2.05, 4.69) is 17.2 Å². The molecule has 0 spiro atoms. The monoisotopic (exact) mass is 436 g/mol. The van der Waals surface area contributed by atoms with Gasteiger partial charge < -0.3 is 4.74 Å². The Morgan fingerprint density at radius 1 is 0.903 bits per heavy atom. The fourth-order valence-electron chi connectivity index (χ4n) is 3.23. The van der Waals surface area contributed by atoms with Crippen LogP contribution in [0.5, 0.6) is 5.75 Å². The van der Waals surface area contributed by atoms with Gasteiger partial charge in [-0.05, 0) is 36.8 Å². The molecular formula is C24H24N2O4S. The lowest BCUT2D eigenvalue weighted by atomic mass is 10.2. The van der Waals surface area contributed by atoms with Crippen molar-refractivity contribution in [3.05, 3.63) is 90.1 Å². The zero-order valence-electron chi connectivity index (χ0n) is 17.3. The van der Waals surface area contributed by atoms with Gasteiger partial charge in [0.2, 0.25) is 0 Å². The second-order valence-electron chi connectivity index (χ2n) is 7.29. The van der Waals surface area contributed by atoms with Gasteiger partial charge in [0.05, 0.1) is 35.6 Å². The highest BCUT2D eigenvalue weighted by molar-refractivity contribution is 7.86. The highest BCUT2D eigenvalue weighted by Crippen LogP contribution is 2.25. The Labute approximate surface area is 182 Å². The standard InChI is InChI=1S/C24H24N2O4S/c1-19-11-13-21(14-12-19)31(27,28)30-16-6-15-29-24-10-5-9-23-22(24)18-26(25-23)17-20-7-3-2-4-8-20/h2-5,7-14,18H,6,15-17H2,1H3. The number of fused-ring (bicyclic) bond motifs is 1. The van der Waals surface area contributed by atoms with E-state index in [-0.39, 0.29) is 11.5 Å². The average molecular weight is 437 g/mol. The van der Waals surface area contributed by atoms with E-state index in [1.54, 1.807) is 24.3 Å². The summed E-state index contributed by atoms with van der Waals surface area (Å²) in [5, 5.41) is 5.54. The molecule has 0 atom stereocenters. The Hall–Kier alpha value is -3.16. The van der Waals surface area contributed by atoms with Crippen molar-refractivity contribution in [1.82, 2.24) is 9.78 Å². The van der Waals surface area contributed by atoms with E-state index >= 15 is 0 Å². The Morgan fingerprint density at radius 2 is 1.68 bits per heavy atom. The number of aromatic nitrogens is 2. The SMILES string of the molecule is Cc1ccc(S(=O)(=O)OCCCOc2cccc3nn(Cc4ccccc4)cc23)cc1. The molecule has 7 heteroatoms. The molecule has 3 aromatic carbocycles. The van der Waals surface area contributed by atoms with Crippen LogP contribution in [0.1, 0.15) is 17.5 Å². The van der Waals surface area contributed by atoms with Crippen LogP contribution in [-0.2, 0) is 20.8 Å². The van der Waals surface area contributed by atoms with Crippen molar-refractivity contribution in [1.29, 1.82) is 0 Å². The van der Waals surface area contributed by atoms with E-state index in [1.807, 2.05) is 54.2 Å². The van der Waals surface area contributed by atoms with E-state index in [1.165, 1.54) is 5.56 Å². The zero-order valence-corrected chi connectivity index (χ0v) is 18.1. The van der Waals surface area contributed by atoms with Crippen molar-refractivity contribution >= 4 is 21.0 Å². The molecule has 31 heavy (non-hydrogen) atoms. The quantitative estimate of drug-likeness (QED) is 0.284. The van der Waals surface area contributed by atoms with Crippen LogP contribution in [-0.4, -0.2) is 31.4 Å². The minimum absolute atomic E-state index is 0.0550. The normalized spacial score (nSPS) is 11.6. The summed E-state index contributed by atoms with van der Waals surface area (Å²) in [6.07, 6.45) is 2.41. The Kier molecular flexibility index (Phi) is 6.34. The van der Waals surface area contributed by atoms with Gasteiger partial charge in [-0.2, -0.15) is 13.5 Å². The van der Waals surface area contributed by atoms with Crippen LogP contribution in [0.2, 0.25) is 0 Å². The summed E-state index contributed by atoms with van der Waals surface area (Å²) in [4.78, 5) is 0.162. The number of nitrogens with zero attached hydrogens (tertiary/aromatic N) is 2. The lowest BCUT2D eigenvalue weighted by molar-refractivity contribution is 0.252. The first kappa shape index (κ1) is 21.1. The summed E-state index contributed by atoms with van der Waals surface area (Å²) in [6.45, 7) is 2.98. The molecule has 0 amide bonds. The van der Waals surface area contributed by atoms with Crippen molar-refractivity contribution < 1.29 is 17.3 Å². The molecule has 160 valence electrons. The molecule has 0 fully saturated rings. The van der Waals surface area contributed by atoms with Gasteiger partial charge in [-0.15, -0.1) is 0 Å². The summed E-state index contributed by atoms with van der Waals surface area (Å²) >= 11 is 0. The maximum absolute atomic E-state index is 12.2. The topological polar surface area (TPSA) is 70.4 Å². The zero-order chi connectivity index (χ0) is 21.7. The van der Waals surface area contributed by atoms with Gasteiger partial charge >= 0.3 is 0 Å². The first-order chi connectivity index (χ1) is 15.0. The minimum Gasteiger partial charge on any atom is -0.493 e. The molecular weight excluding hydrogens is 412 g/mol. The third-order valence-electron chi connectivity index (χ3n) is 4.84. The molecule has 4 rings (SSSR count). The predicted octanol–water partition coefficient (Wildman–Crippen LogP) is 4.57. The lowest BCUT2D eigenvalue weighted by Gasteiger charge is -2.08. The minimum atomic E-state index is -3.75. The molecule has 0 aliphatic heterocycles. The van der Waals surface area contributed by atoms with Crippen LogP contribution in [0.25, 0.3) is 10.9 Å². The summed E-state index contributed by atoms with van der Waals surface area (Å²) in [6, 6.07) is 22.5. The molecule has 1 aromatic heterocycles. The molecule has 0 bridgehead atoms. The maximum Gasteiger partial charge on any atom is 0.296 e. The molecule has 4 aromatic rings. The first-order valence-electron chi connectivity index (χ1n) is 10.1. The van der Waals surface area contributed by atoms with Crippen molar-refractivity contribution in [2.24, 2.45) is 0 Å². The van der Waals surface area contributed by atoms with E-state index in [4.69, 9.17) is 8.92 Å². The van der Waals surface area contributed by atoms with Crippen LogP contribution in [0.4, 0.5) is 0 Å². The number of hydrogen-bond donors (Lipinski definition) is 0. The van der Waals surface area contributed by atoms with E-state index in [0.717, 1.165) is 22.2 Å².